The van der Waals surface area contributed by atoms with Gasteiger partial charge < -0.3 is 9.47 Å². The van der Waals surface area contributed by atoms with Crippen LogP contribution in [-0.2, 0) is 0 Å². The lowest BCUT2D eigenvalue weighted by Gasteiger charge is -2.38. The lowest BCUT2D eigenvalue weighted by molar-refractivity contribution is -0.384. The number of hydrogen-bond acceptors (Lipinski definition) is 5. The molecule has 0 radical (unpaired) electrons. The maximum Gasteiger partial charge on any atom is 0.292 e. The summed E-state index contributed by atoms with van der Waals surface area (Å²) in [6.45, 7) is 3.58. The fourth-order valence-electron chi connectivity index (χ4n) is 3.12. The number of piperidine rings is 1. The van der Waals surface area contributed by atoms with Gasteiger partial charge in [0, 0.05) is 31.5 Å². The Bertz CT molecular complexity index is 750. The van der Waals surface area contributed by atoms with Gasteiger partial charge in [0.15, 0.2) is 0 Å². The number of anilines is 1. The number of rotatable bonds is 3. The topological polar surface area (TPSA) is 88.0 Å². The second-order valence-electron chi connectivity index (χ2n) is 5.86. The lowest BCUT2D eigenvalue weighted by atomic mass is 9.92. The first-order chi connectivity index (χ1) is 11.1. The zero-order valence-electron chi connectivity index (χ0n) is 12.8. The smallest absolute Gasteiger partial charge is 0.292 e. The third-order valence-electron chi connectivity index (χ3n) is 4.47. The summed E-state index contributed by atoms with van der Waals surface area (Å²) in [6.07, 6.45) is 6.37. The van der Waals surface area contributed by atoms with Gasteiger partial charge in [0.05, 0.1) is 28.9 Å². The van der Waals surface area contributed by atoms with Crippen molar-refractivity contribution < 1.29 is 4.92 Å². The van der Waals surface area contributed by atoms with E-state index < -0.39 is 0 Å². The second kappa shape index (κ2) is 6.08. The number of nitro groups is 1. The van der Waals surface area contributed by atoms with Crippen molar-refractivity contribution in [3.8, 4) is 6.07 Å². The minimum atomic E-state index is -0.388. The van der Waals surface area contributed by atoms with Crippen molar-refractivity contribution in [1.29, 1.82) is 5.26 Å². The molecular weight excluding hydrogens is 294 g/mol. The van der Waals surface area contributed by atoms with E-state index in [1.807, 2.05) is 11.1 Å². The van der Waals surface area contributed by atoms with Crippen LogP contribution in [0.2, 0.25) is 0 Å². The van der Waals surface area contributed by atoms with Crippen molar-refractivity contribution in [2.24, 2.45) is 5.92 Å². The number of nitro benzene ring substituents is 1. The Morgan fingerprint density at radius 1 is 1.48 bits per heavy atom. The van der Waals surface area contributed by atoms with E-state index in [0.29, 0.717) is 23.7 Å². The quantitative estimate of drug-likeness (QED) is 0.642. The van der Waals surface area contributed by atoms with E-state index in [1.54, 1.807) is 18.6 Å². The first-order valence-electron chi connectivity index (χ1n) is 7.51. The van der Waals surface area contributed by atoms with E-state index in [9.17, 15) is 10.1 Å². The molecule has 3 rings (SSSR count). The van der Waals surface area contributed by atoms with Crippen LogP contribution in [0.25, 0.3) is 0 Å². The molecule has 7 heteroatoms. The van der Waals surface area contributed by atoms with Crippen molar-refractivity contribution in [2.45, 2.75) is 19.4 Å². The summed E-state index contributed by atoms with van der Waals surface area (Å²) in [5, 5.41) is 20.4. The van der Waals surface area contributed by atoms with Gasteiger partial charge >= 0.3 is 0 Å². The van der Waals surface area contributed by atoms with Gasteiger partial charge in [-0.1, -0.05) is 6.92 Å². The van der Waals surface area contributed by atoms with Crippen LogP contribution in [0.1, 0.15) is 24.9 Å². The Balaban J connectivity index is 1.95. The highest BCUT2D eigenvalue weighted by Crippen LogP contribution is 2.35. The van der Waals surface area contributed by atoms with Gasteiger partial charge in [-0.3, -0.25) is 10.1 Å². The van der Waals surface area contributed by atoms with Gasteiger partial charge in [-0.2, -0.15) is 5.26 Å². The maximum atomic E-state index is 11.3. The van der Waals surface area contributed by atoms with Crippen molar-refractivity contribution in [3.05, 3.63) is 52.6 Å². The summed E-state index contributed by atoms with van der Waals surface area (Å²) >= 11 is 0. The highest BCUT2D eigenvalue weighted by molar-refractivity contribution is 5.66. The molecular formula is C16H17N5O2. The molecule has 0 spiro atoms. The van der Waals surface area contributed by atoms with E-state index in [0.717, 1.165) is 13.0 Å². The molecule has 1 saturated heterocycles. The molecule has 1 fully saturated rings. The number of aromatic nitrogens is 2. The molecule has 118 valence electrons. The zero-order chi connectivity index (χ0) is 16.4. The molecule has 2 atom stereocenters. The average Bonchev–Trinajstić information content (AvgIpc) is 3.09. The van der Waals surface area contributed by atoms with Crippen LogP contribution in [0.15, 0.2) is 36.9 Å². The molecule has 0 aliphatic carbocycles. The molecule has 0 unspecified atom stereocenters. The van der Waals surface area contributed by atoms with E-state index >= 15 is 0 Å². The minimum absolute atomic E-state index is 0.0444. The highest BCUT2D eigenvalue weighted by atomic mass is 16.6. The third-order valence-corrected chi connectivity index (χ3v) is 4.47. The van der Waals surface area contributed by atoms with E-state index in [1.165, 1.54) is 12.1 Å². The maximum absolute atomic E-state index is 11.3. The van der Waals surface area contributed by atoms with Gasteiger partial charge in [0.2, 0.25) is 0 Å². The van der Waals surface area contributed by atoms with Crippen molar-refractivity contribution >= 4 is 11.4 Å². The Morgan fingerprint density at radius 3 is 2.96 bits per heavy atom. The number of nitrogens with zero attached hydrogens (tertiary/aromatic N) is 5. The normalized spacial score (nSPS) is 21.0. The lowest BCUT2D eigenvalue weighted by Crippen LogP contribution is -2.40. The molecule has 1 aromatic heterocycles. The van der Waals surface area contributed by atoms with Gasteiger partial charge in [0.1, 0.15) is 5.69 Å². The molecule has 0 N–H and O–H groups in total. The number of hydrogen-bond donors (Lipinski definition) is 0. The minimum Gasteiger partial charge on any atom is -0.364 e. The summed E-state index contributed by atoms with van der Waals surface area (Å²) in [5.41, 5.74) is 0.998. The van der Waals surface area contributed by atoms with Crippen LogP contribution in [0.4, 0.5) is 11.4 Å². The summed E-state index contributed by atoms with van der Waals surface area (Å²) in [5.74, 6) is 0.457. The SMILES string of the molecule is C[C@H]1CCN(c2cc(C#N)ccc2[N+](=O)[O-])C[C@@H]1n1ccnc1. The van der Waals surface area contributed by atoms with E-state index in [4.69, 9.17) is 5.26 Å². The molecule has 2 heterocycles. The van der Waals surface area contributed by atoms with Crippen LogP contribution in [0, 0.1) is 27.4 Å². The van der Waals surface area contributed by atoms with Crippen LogP contribution < -0.4 is 4.90 Å². The Morgan fingerprint density at radius 2 is 2.30 bits per heavy atom. The summed E-state index contributed by atoms with van der Waals surface area (Å²) in [4.78, 5) is 17.0. The number of benzene rings is 1. The Kier molecular flexibility index (Phi) is 3.98. The summed E-state index contributed by atoms with van der Waals surface area (Å²) in [7, 11) is 0. The predicted octanol–water partition coefficient (Wildman–Crippen LogP) is 2.75. The van der Waals surface area contributed by atoms with Crippen molar-refractivity contribution in [2.75, 3.05) is 18.0 Å². The molecule has 1 aromatic carbocycles. The largest absolute Gasteiger partial charge is 0.364 e. The van der Waals surface area contributed by atoms with Crippen LogP contribution >= 0.6 is 0 Å². The van der Waals surface area contributed by atoms with Gasteiger partial charge in [-0.15, -0.1) is 0 Å². The molecule has 0 saturated carbocycles. The monoisotopic (exact) mass is 311 g/mol. The summed E-state index contributed by atoms with van der Waals surface area (Å²) < 4.78 is 2.05. The first-order valence-corrected chi connectivity index (χ1v) is 7.51. The van der Waals surface area contributed by atoms with Gasteiger partial charge in [0.25, 0.3) is 5.69 Å². The molecule has 0 bridgehead atoms. The fraction of sp³-hybridized carbons (Fsp3) is 0.375. The molecule has 23 heavy (non-hydrogen) atoms. The Labute approximate surface area is 133 Å². The molecule has 2 aromatic rings. The van der Waals surface area contributed by atoms with Gasteiger partial charge in [-0.05, 0) is 24.5 Å². The third kappa shape index (κ3) is 2.88. The van der Waals surface area contributed by atoms with Crippen LogP contribution in [0.3, 0.4) is 0 Å². The molecule has 1 aliphatic heterocycles. The van der Waals surface area contributed by atoms with Crippen LogP contribution in [-0.4, -0.2) is 27.6 Å². The first kappa shape index (κ1) is 15.0. The fourth-order valence-corrected chi connectivity index (χ4v) is 3.12. The second-order valence-corrected chi connectivity index (χ2v) is 5.86. The zero-order valence-corrected chi connectivity index (χ0v) is 12.8. The Hall–Kier alpha value is -2.88. The highest BCUT2D eigenvalue weighted by Gasteiger charge is 2.30. The molecule has 0 amide bonds. The van der Waals surface area contributed by atoms with Crippen LogP contribution in [0.5, 0.6) is 0 Å². The van der Waals surface area contributed by atoms with Gasteiger partial charge in [-0.25, -0.2) is 4.98 Å². The predicted molar refractivity (Wildman–Crippen MR) is 85.1 cm³/mol. The van der Waals surface area contributed by atoms with E-state index in [-0.39, 0.29) is 16.7 Å². The molecule has 7 nitrogen and oxygen atoms in total. The van der Waals surface area contributed by atoms with E-state index in [2.05, 4.69) is 22.5 Å². The van der Waals surface area contributed by atoms with Crippen molar-refractivity contribution in [3.63, 3.8) is 0 Å². The average molecular weight is 311 g/mol. The summed E-state index contributed by atoms with van der Waals surface area (Å²) in [6, 6.07) is 6.77. The molecule has 1 aliphatic rings. The number of imidazole rings is 1. The van der Waals surface area contributed by atoms with Crippen molar-refractivity contribution in [1.82, 2.24) is 9.55 Å². The standard InChI is InChI=1S/C16H17N5O2/c1-12-4-6-19(10-16(12)20-7-5-18-11-20)15-8-13(9-17)2-3-14(15)21(22)23/h2-3,5,7-8,11-12,16H,4,6,10H2,1H3/t12-,16-/m0/s1. The number of nitriles is 1.